The van der Waals surface area contributed by atoms with E-state index in [-0.39, 0.29) is 35.5 Å². The van der Waals surface area contributed by atoms with Gasteiger partial charge in [-0.05, 0) is 18.9 Å². The number of carbonyl (C=O) groups excluding carboxylic acids is 2. The molecule has 1 aliphatic rings. The zero-order valence-corrected chi connectivity index (χ0v) is 14.3. The number of rotatable bonds is 4. The normalized spacial score (nSPS) is 14.8. The van der Waals surface area contributed by atoms with Crippen molar-refractivity contribution in [1.29, 1.82) is 0 Å². The van der Waals surface area contributed by atoms with Crippen molar-refractivity contribution in [2.45, 2.75) is 32.1 Å². The van der Waals surface area contributed by atoms with Gasteiger partial charge in [0.25, 0.3) is 11.5 Å². The molecule has 0 unspecified atom stereocenters. The van der Waals surface area contributed by atoms with Crippen LogP contribution in [0.3, 0.4) is 0 Å². The molecule has 0 atom stereocenters. The number of hydrogen-bond donors (Lipinski definition) is 3. The highest BCUT2D eigenvalue weighted by Crippen LogP contribution is 2.10. The highest BCUT2D eigenvalue weighted by atomic mass is 16.2. The molecule has 0 radical (unpaired) electrons. The molecule has 1 saturated heterocycles. The molecular formula is C17H21N5O4. The van der Waals surface area contributed by atoms with Crippen molar-refractivity contribution in [3.05, 3.63) is 38.7 Å². The van der Waals surface area contributed by atoms with Crippen LogP contribution in [0.4, 0.5) is 0 Å². The zero-order valence-electron chi connectivity index (χ0n) is 14.3. The summed E-state index contributed by atoms with van der Waals surface area (Å²) in [5, 5.41) is 2.79. The SMILES string of the molecule is O=C(NCCC(=O)N1CCCCCC1)c1cnc2[nH]c(=O)[nH]c(=O)c2c1. The minimum atomic E-state index is -0.653. The van der Waals surface area contributed by atoms with Gasteiger partial charge in [0.05, 0.1) is 10.9 Å². The molecule has 3 N–H and O–H groups in total. The molecule has 2 amide bonds. The summed E-state index contributed by atoms with van der Waals surface area (Å²) in [5.41, 5.74) is -0.953. The molecule has 2 aromatic rings. The van der Waals surface area contributed by atoms with Gasteiger partial charge in [-0.1, -0.05) is 12.8 Å². The van der Waals surface area contributed by atoms with Crippen molar-refractivity contribution in [3.63, 3.8) is 0 Å². The number of likely N-dealkylation sites (tertiary alicyclic amines) is 1. The number of fused-ring (bicyclic) bond motifs is 1. The topological polar surface area (TPSA) is 128 Å². The van der Waals surface area contributed by atoms with Crippen LogP contribution in [0.2, 0.25) is 0 Å². The number of pyridine rings is 1. The van der Waals surface area contributed by atoms with E-state index in [9.17, 15) is 19.2 Å². The van der Waals surface area contributed by atoms with Crippen molar-refractivity contribution in [2.24, 2.45) is 0 Å². The van der Waals surface area contributed by atoms with E-state index in [1.54, 1.807) is 0 Å². The molecule has 0 spiro atoms. The van der Waals surface area contributed by atoms with Crippen LogP contribution in [0.25, 0.3) is 11.0 Å². The predicted molar refractivity (Wildman–Crippen MR) is 95.0 cm³/mol. The Morgan fingerprint density at radius 1 is 1.12 bits per heavy atom. The number of amides is 2. The lowest BCUT2D eigenvalue weighted by Gasteiger charge is -2.20. The van der Waals surface area contributed by atoms with Gasteiger partial charge < -0.3 is 10.2 Å². The lowest BCUT2D eigenvalue weighted by atomic mass is 10.2. The number of carbonyl (C=O) groups is 2. The predicted octanol–water partition coefficient (Wildman–Crippen LogP) is 0.134. The molecule has 2 aromatic heterocycles. The highest BCUT2D eigenvalue weighted by Gasteiger charge is 2.16. The van der Waals surface area contributed by atoms with Crippen molar-refractivity contribution < 1.29 is 9.59 Å². The molecule has 9 nitrogen and oxygen atoms in total. The fourth-order valence-corrected chi connectivity index (χ4v) is 3.03. The summed E-state index contributed by atoms with van der Waals surface area (Å²) < 4.78 is 0. The highest BCUT2D eigenvalue weighted by molar-refractivity contribution is 5.96. The van der Waals surface area contributed by atoms with E-state index in [1.165, 1.54) is 12.3 Å². The Hall–Kier alpha value is -2.97. The Labute approximate surface area is 148 Å². The van der Waals surface area contributed by atoms with Gasteiger partial charge in [0, 0.05) is 32.3 Å². The number of H-pyrrole nitrogens is 2. The number of aromatic amines is 2. The van der Waals surface area contributed by atoms with Crippen molar-refractivity contribution >= 4 is 22.8 Å². The van der Waals surface area contributed by atoms with Gasteiger partial charge in [-0.15, -0.1) is 0 Å². The quantitative estimate of drug-likeness (QED) is 0.715. The lowest BCUT2D eigenvalue weighted by Crippen LogP contribution is -2.35. The van der Waals surface area contributed by atoms with Crippen LogP contribution in [0.1, 0.15) is 42.5 Å². The molecule has 0 aromatic carbocycles. The van der Waals surface area contributed by atoms with Gasteiger partial charge >= 0.3 is 5.69 Å². The van der Waals surface area contributed by atoms with Gasteiger partial charge in [0.2, 0.25) is 5.91 Å². The molecule has 0 aliphatic carbocycles. The van der Waals surface area contributed by atoms with Crippen LogP contribution in [0.5, 0.6) is 0 Å². The first-order chi connectivity index (χ1) is 12.5. The van der Waals surface area contributed by atoms with E-state index in [4.69, 9.17) is 0 Å². The summed E-state index contributed by atoms with van der Waals surface area (Å²) in [6.45, 7) is 1.78. The van der Waals surface area contributed by atoms with Crippen molar-refractivity contribution in [1.82, 2.24) is 25.2 Å². The minimum absolute atomic E-state index is 0.0397. The smallest absolute Gasteiger partial charge is 0.327 e. The molecule has 1 fully saturated rings. The van der Waals surface area contributed by atoms with E-state index in [1.807, 2.05) is 4.90 Å². The lowest BCUT2D eigenvalue weighted by molar-refractivity contribution is -0.131. The third-order valence-electron chi connectivity index (χ3n) is 4.44. The maximum absolute atomic E-state index is 12.2. The zero-order chi connectivity index (χ0) is 18.5. The first kappa shape index (κ1) is 17.8. The van der Waals surface area contributed by atoms with Gasteiger partial charge in [0.15, 0.2) is 0 Å². The fraction of sp³-hybridized carbons (Fsp3) is 0.471. The Kier molecular flexibility index (Phi) is 5.45. The maximum atomic E-state index is 12.2. The molecule has 0 saturated carbocycles. The third kappa shape index (κ3) is 4.16. The van der Waals surface area contributed by atoms with E-state index < -0.39 is 17.2 Å². The van der Waals surface area contributed by atoms with Crippen LogP contribution in [-0.4, -0.2) is 51.3 Å². The summed E-state index contributed by atoms with van der Waals surface area (Å²) in [4.78, 5) is 57.7. The first-order valence-electron chi connectivity index (χ1n) is 8.73. The van der Waals surface area contributed by atoms with Gasteiger partial charge in [-0.3, -0.25) is 24.4 Å². The second-order valence-corrected chi connectivity index (χ2v) is 6.33. The first-order valence-corrected chi connectivity index (χ1v) is 8.73. The van der Waals surface area contributed by atoms with E-state index in [0.717, 1.165) is 38.8 Å². The molecule has 26 heavy (non-hydrogen) atoms. The molecule has 1 aliphatic heterocycles. The fourth-order valence-electron chi connectivity index (χ4n) is 3.03. The van der Waals surface area contributed by atoms with E-state index in [2.05, 4.69) is 20.3 Å². The Morgan fingerprint density at radius 2 is 1.85 bits per heavy atom. The third-order valence-corrected chi connectivity index (χ3v) is 4.44. The standard InChI is InChI=1S/C17H21N5O4/c23-13(22-7-3-1-2-4-8-22)5-6-18-15(24)11-9-12-14(19-10-11)20-17(26)21-16(12)25/h9-10H,1-8H2,(H,18,24)(H2,19,20,21,25,26). The Balaban J connectivity index is 1.59. The molecule has 3 rings (SSSR count). The van der Waals surface area contributed by atoms with E-state index in [0.29, 0.717) is 0 Å². The van der Waals surface area contributed by atoms with Crippen molar-refractivity contribution in [3.8, 4) is 0 Å². The Bertz CT molecular complexity index is 925. The van der Waals surface area contributed by atoms with Gasteiger partial charge in [0.1, 0.15) is 5.65 Å². The molecule has 9 heteroatoms. The van der Waals surface area contributed by atoms with Gasteiger partial charge in [-0.2, -0.15) is 0 Å². The minimum Gasteiger partial charge on any atom is -0.351 e. The second kappa shape index (κ2) is 7.94. The number of nitrogens with zero attached hydrogens (tertiary/aromatic N) is 2. The second-order valence-electron chi connectivity index (χ2n) is 6.33. The van der Waals surface area contributed by atoms with Crippen molar-refractivity contribution in [2.75, 3.05) is 19.6 Å². The summed E-state index contributed by atoms with van der Waals surface area (Å²) >= 11 is 0. The summed E-state index contributed by atoms with van der Waals surface area (Å²) in [6.07, 6.45) is 5.87. The molecule has 0 bridgehead atoms. The monoisotopic (exact) mass is 359 g/mol. The molecular weight excluding hydrogens is 338 g/mol. The van der Waals surface area contributed by atoms with Crippen LogP contribution in [-0.2, 0) is 4.79 Å². The largest absolute Gasteiger partial charge is 0.351 e. The summed E-state index contributed by atoms with van der Waals surface area (Å²) in [7, 11) is 0. The average Bonchev–Trinajstić information content (AvgIpc) is 2.90. The number of aromatic nitrogens is 3. The van der Waals surface area contributed by atoms with Crippen LogP contribution in [0.15, 0.2) is 21.9 Å². The molecule has 3 heterocycles. The summed E-state index contributed by atoms with van der Waals surface area (Å²) in [6, 6.07) is 1.36. The Morgan fingerprint density at radius 3 is 2.58 bits per heavy atom. The average molecular weight is 359 g/mol. The van der Waals surface area contributed by atoms with Crippen LogP contribution < -0.4 is 16.6 Å². The van der Waals surface area contributed by atoms with Crippen LogP contribution in [0, 0.1) is 0 Å². The maximum Gasteiger partial charge on any atom is 0.327 e. The van der Waals surface area contributed by atoms with Crippen LogP contribution >= 0.6 is 0 Å². The number of nitrogens with one attached hydrogen (secondary N) is 3. The van der Waals surface area contributed by atoms with E-state index >= 15 is 0 Å². The van der Waals surface area contributed by atoms with Gasteiger partial charge in [-0.25, -0.2) is 9.78 Å². The number of hydrogen-bond acceptors (Lipinski definition) is 5. The summed E-state index contributed by atoms with van der Waals surface area (Å²) in [5.74, 6) is -0.383. The molecule has 138 valence electrons.